The summed E-state index contributed by atoms with van der Waals surface area (Å²) in [6.45, 7) is 6.59. The SMILES string of the molecule is CC(C)(CCO)CNC(=O)c1cn(C2CCNCC2)nn1. The van der Waals surface area contributed by atoms with Crippen LogP contribution in [0, 0.1) is 5.41 Å². The van der Waals surface area contributed by atoms with E-state index in [9.17, 15) is 4.79 Å². The Morgan fingerprint density at radius 3 is 2.90 bits per heavy atom. The lowest BCUT2D eigenvalue weighted by molar-refractivity contribution is 0.0923. The van der Waals surface area contributed by atoms with Gasteiger partial charge in [0.15, 0.2) is 5.69 Å². The number of amides is 1. The number of carbonyl (C=O) groups is 1. The van der Waals surface area contributed by atoms with E-state index in [0.717, 1.165) is 25.9 Å². The normalized spacial score (nSPS) is 16.9. The summed E-state index contributed by atoms with van der Waals surface area (Å²) in [4.78, 5) is 12.1. The minimum atomic E-state index is -0.207. The van der Waals surface area contributed by atoms with Crippen molar-refractivity contribution in [2.24, 2.45) is 5.41 Å². The van der Waals surface area contributed by atoms with Crippen molar-refractivity contribution in [3.05, 3.63) is 11.9 Å². The summed E-state index contributed by atoms with van der Waals surface area (Å²) in [5.74, 6) is -0.207. The van der Waals surface area contributed by atoms with Crippen molar-refractivity contribution in [3.63, 3.8) is 0 Å². The monoisotopic (exact) mass is 295 g/mol. The number of nitrogens with one attached hydrogen (secondary N) is 2. The van der Waals surface area contributed by atoms with E-state index in [2.05, 4.69) is 20.9 Å². The zero-order valence-corrected chi connectivity index (χ0v) is 12.8. The molecular weight excluding hydrogens is 270 g/mol. The topological polar surface area (TPSA) is 92.1 Å². The van der Waals surface area contributed by atoms with Gasteiger partial charge in [-0.05, 0) is 37.8 Å². The standard InChI is InChI=1S/C14H25N5O2/c1-14(2,5-8-20)10-16-13(21)12-9-19(18-17-12)11-3-6-15-7-4-11/h9,11,15,20H,3-8,10H2,1-2H3,(H,16,21). The Morgan fingerprint density at radius 1 is 1.52 bits per heavy atom. The fourth-order valence-electron chi connectivity index (χ4n) is 2.43. The summed E-state index contributed by atoms with van der Waals surface area (Å²) >= 11 is 0. The smallest absolute Gasteiger partial charge is 0.273 e. The molecule has 0 unspecified atom stereocenters. The van der Waals surface area contributed by atoms with Crippen LogP contribution in [0.25, 0.3) is 0 Å². The van der Waals surface area contributed by atoms with Crippen LogP contribution in [0.15, 0.2) is 6.20 Å². The molecule has 1 aromatic heterocycles. The first-order valence-electron chi connectivity index (χ1n) is 7.53. The van der Waals surface area contributed by atoms with Crippen molar-refractivity contribution < 1.29 is 9.90 Å². The zero-order chi connectivity index (χ0) is 15.3. The third-order valence-corrected chi connectivity index (χ3v) is 3.94. The van der Waals surface area contributed by atoms with Crippen LogP contribution < -0.4 is 10.6 Å². The Balaban J connectivity index is 1.89. The minimum absolute atomic E-state index is 0.120. The molecule has 1 saturated heterocycles. The molecule has 1 fully saturated rings. The van der Waals surface area contributed by atoms with Crippen LogP contribution in [-0.4, -0.2) is 52.2 Å². The molecule has 118 valence electrons. The highest BCUT2D eigenvalue weighted by Gasteiger charge is 2.21. The predicted octanol–water partition coefficient (Wildman–Crippen LogP) is 0.341. The molecule has 7 heteroatoms. The number of hydrogen-bond acceptors (Lipinski definition) is 5. The molecule has 1 aliphatic heterocycles. The molecule has 1 aromatic rings. The van der Waals surface area contributed by atoms with Gasteiger partial charge in [0.2, 0.25) is 0 Å². The lowest BCUT2D eigenvalue weighted by Crippen LogP contribution is -2.34. The van der Waals surface area contributed by atoms with Crippen LogP contribution in [0.3, 0.4) is 0 Å². The maximum atomic E-state index is 12.1. The van der Waals surface area contributed by atoms with Gasteiger partial charge >= 0.3 is 0 Å². The Morgan fingerprint density at radius 2 is 2.24 bits per heavy atom. The Kier molecular flexibility index (Phi) is 5.30. The second-order valence-electron chi connectivity index (χ2n) is 6.39. The highest BCUT2D eigenvalue weighted by molar-refractivity contribution is 5.91. The van der Waals surface area contributed by atoms with Crippen LogP contribution in [0.5, 0.6) is 0 Å². The molecular formula is C14H25N5O2. The van der Waals surface area contributed by atoms with Gasteiger partial charge in [-0.2, -0.15) is 0 Å². The van der Waals surface area contributed by atoms with E-state index in [-0.39, 0.29) is 17.9 Å². The molecule has 0 atom stereocenters. The Bertz CT molecular complexity index is 466. The first-order valence-corrected chi connectivity index (χ1v) is 7.53. The van der Waals surface area contributed by atoms with Gasteiger partial charge < -0.3 is 15.7 Å². The third kappa shape index (κ3) is 4.50. The van der Waals surface area contributed by atoms with Gasteiger partial charge in [0, 0.05) is 13.2 Å². The number of nitrogens with zero attached hydrogens (tertiary/aromatic N) is 3. The molecule has 2 rings (SSSR count). The van der Waals surface area contributed by atoms with E-state index in [1.54, 1.807) is 10.9 Å². The quantitative estimate of drug-likeness (QED) is 0.704. The van der Waals surface area contributed by atoms with Crippen molar-refractivity contribution in [3.8, 4) is 0 Å². The van der Waals surface area contributed by atoms with Crippen LogP contribution in [0.1, 0.15) is 49.6 Å². The molecule has 0 aliphatic carbocycles. The first kappa shape index (κ1) is 15.9. The largest absolute Gasteiger partial charge is 0.396 e. The van der Waals surface area contributed by atoms with E-state index < -0.39 is 0 Å². The van der Waals surface area contributed by atoms with E-state index in [1.807, 2.05) is 13.8 Å². The van der Waals surface area contributed by atoms with Crippen LogP contribution >= 0.6 is 0 Å². The summed E-state index contributed by atoms with van der Waals surface area (Å²) in [5.41, 5.74) is 0.225. The van der Waals surface area contributed by atoms with Crippen LogP contribution in [0.2, 0.25) is 0 Å². The Hall–Kier alpha value is -1.47. The van der Waals surface area contributed by atoms with Gasteiger partial charge in [-0.25, -0.2) is 4.68 Å². The molecule has 0 bridgehead atoms. The second-order valence-corrected chi connectivity index (χ2v) is 6.39. The van der Waals surface area contributed by atoms with Gasteiger partial charge in [0.05, 0.1) is 12.2 Å². The van der Waals surface area contributed by atoms with Gasteiger partial charge in [-0.15, -0.1) is 5.10 Å². The summed E-state index contributed by atoms with van der Waals surface area (Å²) in [6, 6.07) is 0.325. The van der Waals surface area contributed by atoms with Crippen LogP contribution in [-0.2, 0) is 0 Å². The summed E-state index contributed by atoms with van der Waals surface area (Å²) < 4.78 is 1.80. The molecule has 3 N–H and O–H groups in total. The zero-order valence-electron chi connectivity index (χ0n) is 12.8. The van der Waals surface area contributed by atoms with E-state index in [4.69, 9.17) is 5.11 Å². The lowest BCUT2D eigenvalue weighted by atomic mass is 9.90. The number of aliphatic hydroxyl groups is 1. The minimum Gasteiger partial charge on any atom is -0.396 e. The van der Waals surface area contributed by atoms with Crippen molar-refractivity contribution in [1.29, 1.82) is 0 Å². The molecule has 0 radical (unpaired) electrons. The maximum Gasteiger partial charge on any atom is 0.273 e. The predicted molar refractivity (Wildman–Crippen MR) is 79.0 cm³/mol. The molecule has 0 aromatic carbocycles. The number of carbonyl (C=O) groups excluding carboxylic acids is 1. The van der Waals surface area contributed by atoms with Gasteiger partial charge in [0.1, 0.15) is 0 Å². The maximum absolute atomic E-state index is 12.1. The molecule has 0 spiro atoms. The van der Waals surface area contributed by atoms with E-state index >= 15 is 0 Å². The summed E-state index contributed by atoms with van der Waals surface area (Å²) in [5, 5.41) is 23.2. The van der Waals surface area contributed by atoms with Crippen LogP contribution in [0.4, 0.5) is 0 Å². The van der Waals surface area contributed by atoms with Crippen molar-refractivity contribution in [1.82, 2.24) is 25.6 Å². The second kappa shape index (κ2) is 7.00. The number of hydrogen-bond donors (Lipinski definition) is 3. The van der Waals surface area contributed by atoms with Crippen molar-refractivity contribution in [2.75, 3.05) is 26.2 Å². The molecule has 7 nitrogen and oxygen atoms in total. The van der Waals surface area contributed by atoms with E-state index in [1.165, 1.54) is 0 Å². The fraction of sp³-hybridized carbons (Fsp3) is 0.786. The van der Waals surface area contributed by atoms with Gasteiger partial charge in [-0.1, -0.05) is 19.1 Å². The molecule has 21 heavy (non-hydrogen) atoms. The number of aliphatic hydroxyl groups excluding tert-OH is 1. The van der Waals surface area contributed by atoms with E-state index in [0.29, 0.717) is 24.7 Å². The average Bonchev–Trinajstić information content (AvgIpc) is 2.96. The molecule has 2 heterocycles. The highest BCUT2D eigenvalue weighted by atomic mass is 16.3. The lowest BCUT2D eigenvalue weighted by Gasteiger charge is -2.23. The molecule has 0 saturated carbocycles. The summed E-state index contributed by atoms with van der Waals surface area (Å²) in [6.07, 6.45) is 4.39. The third-order valence-electron chi connectivity index (χ3n) is 3.94. The first-order chi connectivity index (χ1) is 10.0. The highest BCUT2D eigenvalue weighted by Crippen LogP contribution is 2.19. The van der Waals surface area contributed by atoms with Gasteiger partial charge in [-0.3, -0.25) is 4.79 Å². The van der Waals surface area contributed by atoms with Crippen molar-refractivity contribution >= 4 is 5.91 Å². The Labute approximate surface area is 125 Å². The summed E-state index contributed by atoms with van der Waals surface area (Å²) in [7, 11) is 0. The average molecular weight is 295 g/mol. The number of rotatable bonds is 6. The van der Waals surface area contributed by atoms with Gasteiger partial charge in [0.25, 0.3) is 5.91 Å². The number of aromatic nitrogens is 3. The van der Waals surface area contributed by atoms with Crippen molar-refractivity contribution in [2.45, 2.75) is 39.2 Å². The molecule has 1 amide bonds. The molecule has 1 aliphatic rings. The fourth-order valence-corrected chi connectivity index (χ4v) is 2.43. The number of piperidine rings is 1.